The Hall–Kier alpha value is -2.16. The molecule has 33 heavy (non-hydrogen) atoms. The lowest BCUT2D eigenvalue weighted by Crippen LogP contribution is -2.42. The van der Waals surface area contributed by atoms with Gasteiger partial charge < -0.3 is 34.3 Å². The second-order valence-corrected chi connectivity index (χ2v) is 8.11. The van der Waals surface area contributed by atoms with Gasteiger partial charge in [-0.25, -0.2) is 14.0 Å². The van der Waals surface area contributed by atoms with Crippen LogP contribution in [0.4, 0.5) is 15.0 Å². The van der Waals surface area contributed by atoms with Gasteiger partial charge in [0.2, 0.25) is 0 Å². The van der Waals surface area contributed by atoms with Gasteiger partial charge in [-0.3, -0.25) is 9.88 Å². The van der Waals surface area contributed by atoms with Crippen molar-refractivity contribution in [3.05, 3.63) is 22.5 Å². The molecule has 13 heteroatoms. The van der Waals surface area contributed by atoms with Gasteiger partial charge in [-0.05, 0) is 20.3 Å². The number of aliphatic hydroxyl groups excluding tert-OH is 3. The molecular formula is C20H30FN3O9. The first kappa shape index (κ1) is 25.5. The summed E-state index contributed by atoms with van der Waals surface area (Å²) in [6.45, 7) is 5.24. The van der Waals surface area contributed by atoms with Crippen molar-refractivity contribution in [3.8, 4) is 0 Å². The third-order valence-corrected chi connectivity index (χ3v) is 5.58. The summed E-state index contributed by atoms with van der Waals surface area (Å²) < 4.78 is 36.7. The third kappa shape index (κ3) is 5.67. The number of amides is 1. The van der Waals surface area contributed by atoms with Crippen molar-refractivity contribution < 1.29 is 43.5 Å². The number of nitrogens with zero attached hydrogens (tertiary/aromatic N) is 2. The Morgan fingerprint density at radius 2 is 1.91 bits per heavy atom. The van der Waals surface area contributed by atoms with E-state index in [1.54, 1.807) is 13.8 Å². The number of aliphatic hydroxyl groups is 3. The molecule has 2 saturated heterocycles. The summed E-state index contributed by atoms with van der Waals surface area (Å²) in [5, 5.41) is 32.6. The number of hydrogen-bond acceptors (Lipinski definition) is 10. The summed E-state index contributed by atoms with van der Waals surface area (Å²) in [7, 11) is 0. The average Bonchev–Trinajstić information content (AvgIpc) is 3.18. The Kier molecular flexibility index (Phi) is 8.37. The smallest absolute Gasteiger partial charge is 0.412 e. The number of hydrogen-bond donors (Lipinski definition) is 4. The number of aromatic nitrogens is 2. The van der Waals surface area contributed by atoms with Gasteiger partial charge in [-0.2, -0.15) is 4.98 Å². The van der Waals surface area contributed by atoms with E-state index in [-0.39, 0.29) is 6.61 Å². The van der Waals surface area contributed by atoms with E-state index >= 15 is 0 Å². The molecule has 0 bridgehead atoms. The maximum Gasteiger partial charge on any atom is 0.412 e. The molecule has 2 aliphatic heterocycles. The lowest BCUT2D eigenvalue weighted by molar-refractivity contribution is -0.207. The van der Waals surface area contributed by atoms with Crippen LogP contribution in [0, 0.1) is 5.82 Å². The fraction of sp³-hybridized carbons (Fsp3) is 0.750. The number of halogens is 1. The van der Waals surface area contributed by atoms with Gasteiger partial charge in [0.1, 0.15) is 24.4 Å². The minimum absolute atomic E-state index is 0.148. The number of ether oxygens (including phenoxy) is 4. The third-order valence-electron chi connectivity index (χ3n) is 5.58. The van der Waals surface area contributed by atoms with Gasteiger partial charge in [0.05, 0.1) is 25.0 Å². The Balaban J connectivity index is 1.67. The van der Waals surface area contributed by atoms with E-state index in [0.717, 1.165) is 23.6 Å². The SMILES string of the molecule is CCCCCOC(=O)Nc1nc(=O)n([C@@H]2O[C@H](C)[C@@H](OC3O[C@H](C)[C@@H](O)[C@H]3O)[C@H]2O)cc1F. The first-order valence-electron chi connectivity index (χ1n) is 10.9. The van der Waals surface area contributed by atoms with Gasteiger partial charge in [0.15, 0.2) is 24.2 Å². The van der Waals surface area contributed by atoms with Crippen molar-refractivity contribution in [1.82, 2.24) is 9.55 Å². The molecule has 1 aromatic heterocycles. The van der Waals surface area contributed by atoms with Crippen LogP contribution in [0.1, 0.15) is 46.3 Å². The van der Waals surface area contributed by atoms with Gasteiger partial charge in [-0.15, -0.1) is 0 Å². The second-order valence-electron chi connectivity index (χ2n) is 8.11. The fourth-order valence-electron chi connectivity index (χ4n) is 3.68. The summed E-state index contributed by atoms with van der Waals surface area (Å²) in [6.07, 6.45) is -6.79. The zero-order valence-corrected chi connectivity index (χ0v) is 18.6. The minimum Gasteiger partial charge on any atom is -0.449 e. The van der Waals surface area contributed by atoms with E-state index in [1.165, 1.54) is 0 Å². The fourth-order valence-corrected chi connectivity index (χ4v) is 3.68. The van der Waals surface area contributed by atoms with Crippen molar-refractivity contribution in [1.29, 1.82) is 0 Å². The second kappa shape index (κ2) is 10.8. The average molecular weight is 475 g/mol. The molecule has 1 aromatic rings. The number of unbranched alkanes of at least 4 members (excludes halogenated alkanes) is 2. The predicted molar refractivity (Wildman–Crippen MR) is 110 cm³/mol. The molecule has 0 spiro atoms. The van der Waals surface area contributed by atoms with Gasteiger partial charge >= 0.3 is 11.8 Å². The highest BCUT2D eigenvalue weighted by Gasteiger charge is 2.49. The predicted octanol–water partition coefficient (Wildman–Crippen LogP) is 0.251. The minimum atomic E-state index is -1.45. The first-order chi connectivity index (χ1) is 15.6. The molecule has 186 valence electrons. The molecule has 8 atom stereocenters. The highest BCUT2D eigenvalue weighted by atomic mass is 19.1. The summed E-state index contributed by atoms with van der Waals surface area (Å²) in [4.78, 5) is 27.8. The molecule has 2 aliphatic rings. The molecule has 12 nitrogen and oxygen atoms in total. The topological polar surface area (TPSA) is 162 Å². The number of carbonyl (C=O) groups excluding carboxylic acids is 1. The van der Waals surface area contributed by atoms with E-state index in [4.69, 9.17) is 18.9 Å². The van der Waals surface area contributed by atoms with Crippen molar-refractivity contribution >= 4 is 11.9 Å². The van der Waals surface area contributed by atoms with E-state index in [9.17, 15) is 29.3 Å². The highest BCUT2D eigenvalue weighted by Crippen LogP contribution is 2.33. The quantitative estimate of drug-likeness (QED) is 0.384. The van der Waals surface area contributed by atoms with E-state index in [0.29, 0.717) is 6.42 Å². The summed E-state index contributed by atoms with van der Waals surface area (Å²) in [5.74, 6) is -1.66. The molecule has 3 heterocycles. The molecule has 2 fully saturated rings. The Morgan fingerprint density at radius 3 is 2.55 bits per heavy atom. The number of rotatable bonds is 8. The summed E-state index contributed by atoms with van der Waals surface area (Å²) >= 11 is 0. The molecule has 0 radical (unpaired) electrons. The van der Waals surface area contributed by atoms with Crippen LogP contribution < -0.4 is 11.0 Å². The molecule has 1 amide bonds. The van der Waals surface area contributed by atoms with E-state index in [1.807, 2.05) is 6.92 Å². The van der Waals surface area contributed by atoms with Crippen LogP contribution in [-0.2, 0) is 18.9 Å². The molecule has 0 aromatic carbocycles. The molecular weight excluding hydrogens is 445 g/mol. The Bertz CT molecular complexity index is 885. The van der Waals surface area contributed by atoms with Crippen LogP contribution in [0.15, 0.2) is 11.0 Å². The van der Waals surface area contributed by atoms with E-state index < -0.39 is 72.6 Å². The Morgan fingerprint density at radius 1 is 1.18 bits per heavy atom. The maximum absolute atomic E-state index is 14.5. The molecule has 1 unspecified atom stereocenters. The van der Waals surface area contributed by atoms with Crippen LogP contribution in [0.3, 0.4) is 0 Å². The highest BCUT2D eigenvalue weighted by molar-refractivity contribution is 5.83. The van der Waals surface area contributed by atoms with Gasteiger partial charge in [0, 0.05) is 0 Å². The van der Waals surface area contributed by atoms with Crippen LogP contribution in [0.25, 0.3) is 0 Å². The lowest BCUT2D eigenvalue weighted by Gasteiger charge is -2.24. The zero-order valence-electron chi connectivity index (χ0n) is 18.6. The summed E-state index contributed by atoms with van der Waals surface area (Å²) in [6, 6.07) is 0. The van der Waals surface area contributed by atoms with Crippen LogP contribution in [0.2, 0.25) is 0 Å². The number of nitrogens with one attached hydrogen (secondary N) is 1. The lowest BCUT2D eigenvalue weighted by atomic mass is 10.1. The molecule has 4 N–H and O–H groups in total. The van der Waals surface area contributed by atoms with E-state index in [2.05, 4.69) is 10.3 Å². The number of carbonyl (C=O) groups is 1. The Labute approximate surface area is 189 Å². The maximum atomic E-state index is 14.5. The van der Waals surface area contributed by atoms with Gasteiger partial charge in [0.25, 0.3) is 0 Å². The molecule has 3 rings (SSSR count). The largest absolute Gasteiger partial charge is 0.449 e. The van der Waals surface area contributed by atoms with Crippen LogP contribution in [-0.4, -0.2) is 80.5 Å². The van der Waals surface area contributed by atoms with Crippen molar-refractivity contribution in [3.63, 3.8) is 0 Å². The molecule has 0 saturated carbocycles. The van der Waals surface area contributed by atoms with Crippen molar-refractivity contribution in [2.75, 3.05) is 11.9 Å². The zero-order chi connectivity index (χ0) is 24.3. The van der Waals surface area contributed by atoms with Crippen LogP contribution >= 0.6 is 0 Å². The normalized spacial score (nSPS) is 33.9. The number of anilines is 1. The monoisotopic (exact) mass is 475 g/mol. The first-order valence-corrected chi connectivity index (χ1v) is 10.9. The van der Waals surface area contributed by atoms with Gasteiger partial charge in [-0.1, -0.05) is 19.8 Å². The van der Waals surface area contributed by atoms with Crippen LogP contribution in [0.5, 0.6) is 0 Å². The summed E-state index contributed by atoms with van der Waals surface area (Å²) in [5.41, 5.74) is -0.990. The van der Waals surface area contributed by atoms with Crippen molar-refractivity contribution in [2.45, 2.75) is 89.2 Å². The van der Waals surface area contributed by atoms with Crippen molar-refractivity contribution in [2.24, 2.45) is 0 Å². The molecule has 0 aliphatic carbocycles. The standard InChI is InChI=1S/C20H30FN3O9/c1-4-5-6-7-30-20(29)23-16-11(21)8-24(19(28)22-16)17-14(27)15(10(3)31-17)33-18-13(26)12(25)9(2)32-18/h8-10,12-15,17-18,25-27H,4-7H2,1-3H3,(H,22,23,28,29)/t9-,10-,12-,13-,14-,15-,17-,18?/m1/s1.